The summed E-state index contributed by atoms with van der Waals surface area (Å²) in [5.41, 5.74) is 1.36. The van der Waals surface area contributed by atoms with E-state index in [2.05, 4.69) is 16.8 Å². The third-order valence-corrected chi connectivity index (χ3v) is 3.60. The van der Waals surface area contributed by atoms with Gasteiger partial charge in [-0.05, 0) is 25.6 Å². The molecule has 0 radical (unpaired) electrons. The minimum Gasteiger partial charge on any atom is -0.336 e. The average Bonchev–Trinajstić information content (AvgIpc) is 2.38. The van der Waals surface area contributed by atoms with Crippen molar-refractivity contribution in [2.24, 2.45) is 0 Å². The molecule has 0 N–H and O–H groups in total. The number of hydrogen-bond acceptors (Lipinski definition) is 3. The highest BCUT2D eigenvalue weighted by atomic mass is 35.5. The van der Waals surface area contributed by atoms with Crippen molar-refractivity contribution in [1.82, 2.24) is 14.8 Å². The monoisotopic (exact) mass is 267 g/mol. The zero-order valence-corrected chi connectivity index (χ0v) is 11.6. The van der Waals surface area contributed by atoms with Crippen molar-refractivity contribution >= 4 is 17.5 Å². The molecule has 2 heterocycles. The van der Waals surface area contributed by atoms with Crippen molar-refractivity contribution in [1.29, 1.82) is 0 Å². The summed E-state index contributed by atoms with van der Waals surface area (Å²) in [6.07, 6.45) is 0. The van der Waals surface area contributed by atoms with E-state index in [0.717, 1.165) is 32.7 Å². The molecule has 0 saturated carbocycles. The normalized spacial score (nSPS) is 16.9. The van der Waals surface area contributed by atoms with Crippen LogP contribution >= 0.6 is 11.6 Å². The number of nitrogens with zero attached hydrogens (tertiary/aromatic N) is 3. The molecule has 1 saturated heterocycles. The number of amides is 1. The van der Waals surface area contributed by atoms with Crippen molar-refractivity contribution in [3.63, 3.8) is 0 Å². The van der Waals surface area contributed by atoms with E-state index in [1.807, 2.05) is 11.8 Å². The van der Waals surface area contributed by atoms with Crippen molar-refractivity contribution in [3.05, 3.63) is 28.5 Å². The highest BCUT2D eigenvalue weighted by molar-refractivity contribution is 6.29. The second-order valence-electron chi connectivity index (χ2n) is 4.49. The molecule has 1 aromatic rings. The Kier molecular flexibility index (Phi) is 4.19. The van der Waals surface area contributed by atoms with E-state index in [1.54, 1.807) is 12.1 Å². The first-order chi connectivity index (χ1) is 8.61. The van der Waals surface area contributed by atoms with Crippen LogP contribution in [0.15, 0.2) is 12.1 Å². The lowest BCUT2D eigenvalue weighted by Gasteiger charge is -2.34. The van der Waals surface area contributed by atoms with Gasteiger partial charge in [0.25, 0.3) is 5.91 Å². The van der Waals surface area contributed by atoms with E-state index in [4.69, 9.17) is 11.6 Å². The lowest BCUT2D eigenvalue weighted by Crippen LogP contribution is -2.48. The fourth-order valence-electron chi connectivity index (χ4n) is 2.19. The van der Waals surface area contributed by atoms with Crippen LogP contribution in [0.5, 0.6) is 0 Å². The molecule has 0 bridgehead atoms. The maximum absolute atomic E-state index is 12.4. The summed E-state index contributed by atoms with van der Waals surface area (Å²) in [5, 5.41) is 0.430. The van der Waals surface area contributed by atoms with Gasteiger partial charge in [0.1, 0.15) is 5.15 Å². The van der Waals surface area contributed by atoms with E-state index in [1.165, 1.54) is 0 Å². The van der Waals surface area contributed by atoms with E-state index in [-0.39, 0.29) is 5.91 Å². The van der Waals surface area contributed by atoms with Crippen molar-refractivity contribution < 1.29 is 4.79 Å². The molecule has 5 heteroatoms. The first-order valence-corrected chi connectivity index (χ1v) is 6.64. The molecule has 4 nitrogen and oxygen atoms in total. The van der Waals surface area contributed by atoms with Gasteiger partial charge in [-0.3, -0.25) is 4.79 Å². The number of halogens is 1. The summed E-state index contributed by atoms with van der Waals surface area (Å²) in [7, 11) is 0. The molecule has 18 heavy (non-hydrogen) atoms. The van der Waals surface area contributed by atoms with Gasteiger partial charge < -0.3 is 9.80 Å². The van der Waals surface area contributed by atoms with Crippen LogP contribution in [0.4, 0.5) is 0 Å². The third-order valence-electron chi connectivity index (χ3n) is 3.39. The molecule has 0 unspecified atom stereocenters. The third kappa shape index (κ3) is 2.82. The first kappa shape index (κ1) is 13.3. The molecule has 0 atom stereocenters. The fourth-order valence-corrected chi connectivity index (χ4v) is 2.38. The van der Waals surface area contributed by atoms with Gasteiger partial charge in [0.05, 0.1) is 11.3 Å². The Balaban J connectivity index is 2.08. The van der Waals surface area contributed by atoms with Crippen LogP contribution in [0.3, 0.4) is 0 Å². The maximum Gasteiger partial charge on any atom is 0.255 e. The smallest absolute Gasteiger partial charge is 0.255 e. The molecule has 1 aliphatic heterocycles. The summed E-state index contributed by atoms with van der Waals surface area (Å²) in [6, 6.07) is 3.43. The molecule has 1 aromatic heterocycles. The number of aryl methyl sites for hydroxylation is 1. The van der Waals surface area contributed by atoms with E-state index in [9.17, 15) is 4.79 Å². The van der Waals surface area contributed by atoms with Gasteiger partial charge in [0.15, 0.2) is 0 Å². The van der Waals surface area contributed by atoms with Crippen LogP contribution in [-0.4, -0.2) is 53.4 Å². The van der Waals surface area contributed by atoms with Crippen molar-refractivity contribution in [2.45, 2.75) is 13.8 Å². The molecule has 2 rings (SSSR count). The summed E-state index contributed by atoms with van der Waals surface area (Å²) < 4.78 is 0. The number of pyridine rings is 1. The highest BCUT2D eigenvalue weighted by Crippen LogP contribution is 2.14. The zero-order chi connectivity index (χ0) is 13.1. The minimum absolute atomic E-state index is 0.0624. The molecular weight excluding hydrogens is 250 g/mol. The van der Waals surface area contributed by atoms with Crippen LogP contribution in [0.1, 0.15) is 23.0 Å². The summed E-state index contributed by atoms with van der Waals surface area (Å²) >= 11 is 5.80. The first-order valence-electron chi connectivity index (χ1n) is 6.26. The second kappa shape index (κ2) is 5.67. The van der Waals surface area contributed by atoms with Gasteiger partial charge in [-0.25, -0.2) is 4.98 Å². The van der Waals surface area contributed by atoms with Crippen LogP contribution < -0.4 is 0 Å². The molecule has 1 fully saturated rings. The number of hydrogen-bond donors (Lipinski definition) is 0. The standard InChI is InChI=1S/C13H18ClN3O/c1-3-16-6-8-17(9-7-16)13(18)11-4-5-12(14)15-10(11)2/h4-5H,3,6-9H2,1-2H3. The number of carbonyl (C=O) groups is 1. The van der Waals surface area contributed by atoms with Gasteiger partial charge in [-0.15, -0.1) is 0 Å². The average molecular weight is 268 g/mol. The summed E-state index contributed by atoms with van der Waals surface area (Å²) in [5.74, 6) is 0.0624. The summed E-state index contributed by atoms with van der Waals surface area (Å²) in [6.45, 7) is 8.48. The number of carbonyl (C=O) groups excluding carboxylic acids is 1. The number of rotatable bonds is 2. The fraction of sp³-hybridized carbons (Fsp3) is 0.538. The van der Waals surface area contributed by atoms with Crippen molar-refractivity contribution in [2.75, 3.05) is 32.7 Å². The second-order valence-corrected chi connectivity index (χ2v) is 4.88. The molecule has 98 valence electrons. The van der Waals surface area contributed by atoms with Crippen molar-refractivity contribution in [3.8, 4) is 0 Å². The van der Waals surface area contributed by atoms with Gasteiger partial charge >= 0.3 is 0 Å². The number of likely N-dealkylation sites (N-methyl/N-ethyl adjacent to an activating group) is 1. The topological polar surface area (TPSA) is 36.4 Å². The lowest BCUT2D eigenvalue weighted by molar-refractivity contribution is 0.0642. The molecule has 1 amide bonds. The van der Waals surface area contributed by atoms with E-state index in [0.29, 0.717) is 16.4 Å². The Hall–Kier alpha value is -1.13. The maximum atomic E-state index is 12.4. The van der Waals surface area contributed by atoms with Gasteiger partial charge in [0, 0.05) is 26.2 Å². The number of aromatic nitrogens is 1. The van der Waals surface area contributed by atoms with Crippen LogP contribution in [0.25, 0.3) is 0 Å². The predicted octanol–water partition coefficient (Wildman–Crippen LogP) is 1.82. The predicted molar refractivity (Wildman–Crippen MR) is 72.0 cm³/mol. The Morgan fingerprint density at radius 3 is 2.56 bits per heavy atom. The largest absolute Gasteiger partial charge is 0.336 e. The Bertz CT molecular complexity index is 442. The number of piperazine rings is 1. The Labute approximate surface area is 113 Å². The minimum atomic E-state index is 0.0624. The van der Waals surface area contributed by atoms with E-state index >= 15 is 0 Å². The van der Waals surface area contributed by atoms with Gasteiger partial charge in [-0.2, -0.15) is 0 Å². The zero-order valence-electron chi connectivity index (χ0n) is 10.8. The Morgan fingerprint density at radius 1 is 1.33 bits per heavy atom. The molecule has 0 aromatic carbocycles. The highest BCUT2D eigenvalue weighted by Gasteiger charge is 2.22. The van der Waals surface area contributed by atoms with Crippen LogP contribution in [-0.2, 0) is 0 Å². The quantitative estimate of drug-likeness (QED) is 0.767. The van der Waals surface area contributed by atoms with Crippen LogP contribution in [0.2, 0.25) is 5.15 Å². The SMILES string of the molecule is CCN1CCN(C(=O)c2ccc(Cl)nc2C)CC1. The van der Waals surface area contributed by atoms with Gasteiger partial charge in [-0.1, -0.05) is 18.5 Å². The Morgan fingerprint density at radius 2 is 2.00 bits per heavy atom. The molecule has 0 aliphatic carbocycles. The van der Waals surface area contributed by atoms with Gasteiger partial charge in [0.2, 0.25) is 0 Å². The van der Waals surface area contributed by atoms with Crippen LogP contribution in [0, 0.1) is 6.92 Å². The molecule has 0 spiro atoms. The molecular formula is C13H18ClN3O. The summed E-state index contributed by atoms with van der Waals surface area (Å²) in [4.78, 5) is 20.7. The van der Waals surface area contributed by atoms with E-state index < -0.39 is 0 Å². The molecule has 1 aliphatic rings. The lowest BCUT2D eigenvalue weighted by atomic mass is 10.1.